The van der Waals surface area contributed by atoms with Crippen LogP contribution < -0.4 is 10.6 Å². The summed E-state index contributed by atoms with van der Waals surface area (Å²) in [5, 5.41) is 10.1. The SMILES string of the molecule is Cc1nn(C)c(C)c1CCC(=O)Nc1ccc2c(c1)NC(=O)CS2. The number of anilines is 2. The molecule has 1 aromatic carbocycles. The molecule has 0 saturated carbocycles. The van der Waals surface area contributed by atoms with E-state index in [0.29, 0.717) is 24.3 Å². The van der Waals surface area contributed by atoms with Crippen molar-refractivity contribution in [3.8, 4) is 0 Å². The lowest BCUT2D eigenvalue weighted by Crippen LogP contribution is -2.19. The Labute approximate surface area is 145 Å². The Morgan fingerprint density at radius 3 is 2.92 bits per heavy atom. The van der Waals surface area contributed by atoms with E-state index in [1.54, 1.807) is 6.07 Å². The van der Waals surface area contributed by atoms with Gasteiger partial charge in [-0.1, -0.05) is 0 Å². The van der Waals surface area contributed by atoms with Crippen LogP contribution in [-0.4, -0.2) is 27.3 Å². The Morgan fingerprint density at radius 2 is 2.21 bits per heavy atom. The van der Waals surface area contributed by atoms with Crippen LogP contribution in [0.1, 0.15) is 23.4 Å². The minimum absolute atomic E-state index is 0.0153. The van der Waals surface area contributed by atoms with Crippen molar-refractivity contribution in [2.75, 3.05) is 16.4 Å². The normalized spacial score (nSPS) is 13.4. The Morgan fingerprint density at radius 1 is 1.42 bits per heavy atom. The molecule has 3 rings (SSSR count). The fraction of sp³-hybridized carbons (Fsp3) is 0.353. The zero-order chi connectivity index (χ0) is 17.3. The first-order valence-corrected chi connectivity index (χ1v) is 8.78. The second kappa shape index (κ2) is 6.68. The zero-order valence-corrected chi connectivity index (χ0v) is 14.8. The maximum Gasteiger partial charge on any atom is 0.234 e. The lowest BCUT2D eigenvalue weighted by molar-refractivity contribution is -0.116. The van der Waals surface area contributed by atoms with Crippen LogP contribution >= 0.6 is 11.8 Å². The van der Waals surface area contributed by atoms with E-state index in [2.05, 4.69) is 15.7 Å². The Hall–Kier alpha value is -2.28. The first kappa shape index (κ1) is 16.6. The third-order valence-corrected chi connectivity index (χ3v) is 5.23. The predicted octanol–water partition coefficient (Wildman–Crippen LogP) is 2.65. The van der Waals surface area contributed by atoms with Gasteiger partial charge in [0.2, 0.25) is 11.8 Å². The molecular weight excluding hydrogens is 324 g/mol. The first-order valence-electron chi connectivity index (χ1n) is 7.79. The summed E-state index contributed by atoms with van der Waals surface area (Å²) in [6.45, 7) is 3.97. The summed E-state index contributed by atoms with van der Waals surface area (Å²) in [5.74, 6) is 0.369. The summed E-state index contributed by atoms with van der Waals surface area (Å²) in [6.07, 6.45) is 1.06. The molecule has 0 spiro atoms. The van der Waals surface area contributed by atoms with Crippen molar-refractivity contribution in [1.29, 1.82) is 0 Å². The van der Waals surface area contributed by atoms with Crippen molar-refractivity contribution in [1.82, 2.24) is 9.78 Å². The number of nitrogens with zero attached hydrogens (tertiary/aromatic N) is 2. The number of carbonyl (C=O) groups is 2. The van der Waals surface area contributed by atoms with Gasteiger partial charge in [-0.25, -0.2) is 0 Å². The maximum absolute atomic E-state index is 12.2. The number of hydrogen-bond acceptors (Lipinski definition) is 4. The van der Waals surface area contributed by atoms with Gasteiger partial charge in [0, 0.05) is 29.7 Å². The number of carbonyl (C=O) groups excluding carboxylic acids is 2. The van der Waals surface area contributed by atoms with Crippen LogP contribution in [0.4, 0.5) is 11.4 Å². The van der Waals surface area contributed by atoms with E-state index >= 15 is 0 Å². The van der Waals surface area contributed by atoms with Crippen molar-refractivity contribution in [2.45, 2.75) is 31.6 Å². The van der Waals surface area contributed by atoms with Gasteiger partial charge in [0.25, 0.3) is 0 Å². The second-order valence-corrected chi connectivity index (χ2v) is 6.89. The van der Waals surface area contributed by atoms with Gasteiger partial charge in [0.1, 0.15) is 0 Å². The Bertz CT molecular complexity index is 813. The van der Waals surface area contributed by atoms with Crippen LogP contribution in [0, 0.1) is 13.8 Å². The molecule has 0 atom stereocenters. The molecule has 2 aromatic rings. The number of benzene rings is 1. The highest BCUT2D eigenvalue weighted by Crippen LogP contribution is 2.33. The monoisotopic (exact) mass is 344 g/mol. The number of aryl methyl sites for hydroxylation is 2. The lowest BCUT2D eigenvalue weighted by Gasteiger charge is -2.17. The van der Waals surface area contributed by atoms with Gasteiger partial charge in [-0.15, -0.1) is 11.8 Å². The third-order valence-electron chi connectivity index (χ3n) is 4.16. The summed E-state index contributed by atoms with van der Waals surface area (Å²) in [6, 6.07) is 5.59. The third kappa shape index (κ3) is 3.46. The van der Waals surface area contributed by atoms with Gasteiger partial charge in [0.05, 0.1) is 17.1 Å². The maximum atomic E-state index is 12.2. The van der Waals surface area contributed by atoms with Crippen LogP contribution in [0.3, 0.4) is 0 Å². The molecule has 126 valence electrons. The highest BCUT2D eigenvalue weighted by atomic mass is 32.2. The van der Waals surface area contributed by atoms with Crippen molar-refractivity contribution in [3.05, 3.63) is 35.2 Å². The topological polar surface area (TPSA) is 76.0 Å². The number of fused-ring (bicyclic) bond motifs is 1. The summed E-state index contributed by atoms with van der Waals surface area (Å²) in [4.78, 5) is 24.7. The van der Waals surface area contributed by atoms with E-state index in [9.17, 15) is 9.59 Å². The molecule has 2 N–H and O–H groups in total. The molecule has 1 aromatic heterocycles. The Kier molecular flexibility index (Phi) is 4.62. The number of thioether (sulfide) groups is 1. The molecule has 0 bridgehead atoms. The minimum atomic E-state index is -0.0487. The summed E-state index contributed by atoms with van der Waals surface area (Å²) >= 11 is 1.50. The fourth-order valence-corrected chi connectivity index (χ4v) is 3.59. The average molecular weight is 344 g/mol. The van der Waals surface area contributed by atoms with Gasteiger partial charge < -0.3 is 10.6 Å². The number of amides is 2. The molecule has 2 heterocycles. The molecule has 0 saturated heterocycles. The first-order chi connectivity index (χ1) is 11.4. The molecule has 1 aliphatic rings. The van der Waals surface area contributed by atoms with Crippen molar-refractivity contribution in [3.63, 3.8) is 0 Å². The van der Waals surface area contributed by atoms with Crippen molar-refractivity contribution in [2.24, 2.45) is 7.05 Å². The quantitative estimate of drug-likeness (QED) is 0.894. The van der Waals surface area contributed by atoms with Gasteiger partial charge in [0.15, 0.2) is 0 Å². The molecule has 0 unspecified atom stereocenters. The predicted molar refractivity (Wildman–Crippen MR) is 95.4 cm³/mol. The molecule has 0 radical (unpaired) electrons. The summed E-state index contributed by atoms with van der Waals surface area (Å²) in [7, 11) is 1.91. The summed E-state index contributed by atoms with van der Waals surface area (Å²) in [5.41, 5.74) is 4.64. The lowest BCUT2D eigenvalue weighted by atomic mass is 10.1. The molecule has 0 aliphatic carbocycles. The minimum Gasteiger partial charge on any atom is -0.326 e. The number of nitrogens with one attached hydrogen (secondary N) is 2. The second-order valence-electron chi connectivity index (χ2n) is 5.87. The van der Waals surface area contributed by atoms with E-state index in [4.69, 9.17) is 0 Å². The number of aromatic nitrogens is 2. The van der Waals surface area contributed by atoms with Crippen LogP contribution in [-0.2, 0) is 23.1 Å². The number of rotatable bonds is 4. The molecule has 24 heavy (non-hydrogen) atoms. The molecule has 7 heteroatoms. The van der Waals surface area contributed by atoms with Gasteiger partial charge in [-0.3, -0.25) is 14.3 Å². The van der Waals surface area contributed by atoms with Crippen molar-refractivity contribution >= 4 is 35.0 Å². The molecule has 2 amide bonds. The largest absolute Gasteiger partial charge is 0.326 e. The zero-order valence-electron chi connectivity index (χ0n) is 14.0. The van der Waals surface area contributed by atoms with E-state index in [-0.39, 0.29) is 11.8 Å². The highest BCUT2D eigenvalue weighted by molar-refractivity contribution is 8.00. The highest BCUT2D eigenvalue weighted by Gasteiger charge is 2.16. The standard InChI is InChI=1S/C17H20N4O2S/c1-10-13(11(2)21(3)20-10)5-7-16(22)18-12-4-6-15-14(8-12)19-17(23)9-24-15/h4,6,8H,5,7,9H2,1-3H3,(H,18,22)(H,19,23). The van der Waals surface area contributed by atoms with E-state index in [1.165, 1.54) is 11.8 Å². The Balaban J connectivity index is 1.63. The summed E-state index contributed by atoms with van der Waals surface area (Å²) < 4.78 is 1.84. The number of hydrogen-bond donors (Lipinski definition) is 2. The van der Waals surface area contributed by atoms with Gasteiger partial charge in [-0.05, 0) is 44.0 Å². The average Bonchev–Trinajstić information content (AvgIpc) is 2.77. The van der Waals surface area contributed by atoms with Crippen molar-refractivity contribution < 1.29 is 9.59 Å². The van der Waals surface area contributed by atoms with E-state index < -0.39 is 0 Å². The van der Waals surface area contributed by atoms with Crippen LogP contribution in [0.25, 0.3) is 0 Å². The molecule has 1 aliphatic heterocycles. The fourth-order valence-electron chi connectivity index (χ4n) is 2.80. The molecular formula is C17H20N4O2S. The van der Waals surface area contributed by atoms with E-state index in [0.717, 1.165) is 27.5 Å². The van der Waals surface area contributed by atoms with Crippen LogP contribution in [0.15, 0.2) is 23.1 Å². The smallest absolute Gasteiger partial charge is 0.234 e. The van der Waals surface area contributed by atoms with E-state index in [1.807, 2.05) is 37.7 Å². The van der Waals surface area contributed by atoms with Gasteiger partial charge in [-0.2, -0.15) is 5.10 Å². The van der Waals surface area contributed by atoms with Crippen LogP contribution in [0.2, 0.25) is 0 Å². The van der Waals surface area contributed by atoms with Crippen LogP contribution in [0.5, 0.6) is 0 Å². The van der Waals surface area contributed by atoms with Gasteiger partial charge >= 0.3 is 0 Å². The molecule has 6 nitrogen and oxygen atoms in total. The molecule has 0 fully saturated rings.